The van der Waals surface area contributed by atoms with Crippen LogP contribution >= 0.6 is 0 Å². The normalized spacial score (nSPS) is 13.7. The molecule has 0 heterocycles. The van der Waals surface area contributed by atoms with Gasteiger partial charge in [0.15, 0.2) is 0 Å². The first-order valence-electron chi connectivity index (χ1n) is 6.11. The zero-order valence-corrected chi connectivity index (χ0v) is 12.2. The highest BCUT2D eigenvalue weighted by Crippen LogP contribution is 2.34. The molecule has 0 bridgehead atoms. The number of carbonyl (C=O) groups is 1. The standard InChI is InChI=1S/C14H26O3/c1-8-16-17-12(15)11(2)9-14(6,7)10-13(3,4)5/h9H,8,10H2,1-7H3/b11-9-. The monoisotopic (exact) mass is 242 g/mol. The number of carbonyl (C=O) groups excluding carboxylic acids is 1. The van der Waals surface area contributed by atoms with Crippen LogP contribution in [0.25, 0.3) is 0 Å². The summed E-state index contributed by atoms with van der Waals surface area (Å²) in [6, 6.07) is 0. The second kappa shape index (κ2) is 6.20. The zero-order valence-electron chi connectivity index (χ0n) is 12.2. The van der Waals surface area contributed by atoms with E-state index in [0.29, 0.717) is 12.2 Å². The molecule has 0 aliphatic rings. The Morgan fingerprint density at radius 2 is 1.71 bits per heavy atom. The van der Waals surface area contributed by atoms with Gasteiger partial charge < -0.3 is 0 Å². The van der Waals surface area contributed by atoms with Gasteiger partial charge in [-0.25, -0.2) is 4.79 Å². The van der Waals surface area contributed by atoms with Crippen LogP contribution in [-0.4, -0.2) is 12.6 Å². The van der Waals surface area contributed by atoms with Gasteiger partial charge in [-0.15, -0.1) is 0 Å². The summed E-state index contributed by atoms with van der Waals surface area (Å²) in [7, 11) is 0. The lowest BCUT2D eigenvalue weighted by Gasteiger charge is -2.30. The third kappa shape index (κ3) is 7.97. The molecule has 0 N–H and O–H groups in total. The maximum Gasteiger partial charge on any atom is 0.368 e. The van der Waals surface area contributed by atoms with Gasteiger partial charge in [-0.05, 0) is 31.1 Å². The van der Waals surface area contributed by atoms with Crippen molar-refractivity contribution in [3.63, 3.8) is 0 Å². The van der Waals surface area contributed by atoms with E-state index in [9.17, 15) is 4.79 Å². The van der Waals surface area contributed by atoms with Crippen molar-refractivity contribution in [2.45, 2.75) is 54.9 Å². The van der Waals surface area contributed by atoms with Crippen LogP contribution in [0.1, 0.15) is 54.9 Å². The van der Waals surface area contributed by atoms with Crippen LogP contribution in [0.15, 0.2) is 11.6 Å². The molecule has 0 fully saturated rings. The van der Waals surface area contributed by atoms with Gasteiger partial charge in [0.2, 0.25) is 0 Å². The molecule has 0 atom stereocenters. The highest BCUT2D eigenvalue weighted by atomic mass is 17.2. The minimum absolute atomic E-state index is 0.0342. The van der Waals surface area contributed by atoms with E-state index in [1.807, 2.05) is 6.08 Å². The summed E-state index contributed by atoms with van der Waals surface area (Å²) in [5, 5.41) is 0. The van der Waals surface area contributed by atoms with E-state index in [0.717, 1.165) is 6.42 Å². The van der Waals surface area contributed by atoms with Gasteiger partial charge in [0.05, 0.1) is 6.61 Å². The molecule has 3 heteroatoms. The van der Waals surface area contributed by atoms with Crippen LogP contribution in [0.2, 0.25) is 0 Å². The molecule has 3 nitrogen and oxygen atoms in total. The molecule has 0 amide bonds. The largest absolute Gasteiger partial charge is 0.368 e. The molecule has 0 unspecified atom stereocenters. The first-order chi connectivity index (χ1) is 7.57. The first-order valence-corrected chi connectivity index (χ1v) is 6.11. The van der Waals surface area contributed by atoms with Crippen molar-refractivity contribution in [2.24, 2.45) is 10.8 Å². The van der Waals surface area contributed by atoms with Crippen molar-refractivity contribution in [1.29, 1.82) is 0 Å². The van der Waals surface area contributed by atoms with Gasteiger partial charge in [0.25, 0.3) is 0 Å². The second-order valence-electron chi connectivity index (χ2n) is 6.33. The van der Waals surface area contributed by atoms with Crippen molar-refractivity contribution in [2.75, 3.05) is 6.61 Å². The molecule has 17 heavy (non-hydrogen) atoms. The summed E-state index contributed by atoms with van der Waals surface area (Å²) in [5.41, 5.74) is 0.783. The van der Waals surface area contributed by atoms with Crippen LogP contribution in [0.4, 0.5) is 0 Å². The fourth-order valence-electron chi connectivity index (χ4n) is 2.24. The lowest BCUT2D eigenvalue weighted by Crippen LogP contribution is -2.20. The maximum absolute atomic E-state index is 11.5. The van der Waals surface area contributed by atoms with E-state index in [1.165, 1.54) is 0 Å². The third-order valence-corrected chi connectivity index (χ3v) is 2.17. The molecule has 0 saturated heterocycles. The van der Waals surface area contributed by atoms with E-state index in [-0.39, 0.29) is 10.8 Å². The van der Waals surface area contributed by atoms with Crippen LogP contribution in [0.5, 0.6) is 0 Å². The third-order valence-electron chi connectivity index (χ3n) is 2.17. The van der Waals surface area contributed by atoms with E-state index in [1.54, 1.807) is 13.8 Å². The fraction of sp³-hybridized carbons (Fsp3) is 0.786. The van der Waals surface area contributed by atoms with Gasteiger partial charge in [0, 0.05) is 5.57 Å². The molecule has 0 radical (unpaired) electrons. The van der Waals surface area contributed by atoms with Crippen LogP contribution < -0.4 is 0 Å². The molecule has 0 aromatic heterocycles. The van der Waals surface area contributed by atoms with Gasteiger partial charge in [-0.1, -0.05) is 40.7 Å². The Kier molecular flexibility index (Phi) is 5.89. The van der Waals surface area contributed by atoms with Crippen molar-refractivity contribution in [3.8, 4) is 0 Å². The number of allylic oxidation sites excluding steroid dienone is 1. The molecule has 0 aliphatic carbocycles. The van der Waals surface area contributed by atoms with E-state index < -0.39 is 5.97 Å². The molecule has 0 aliphatic heterocycles. The van der Waals surface area contributed by atoms with Gasteiger partial charge >= 0.3 is 5.97 Å². The minimum Gasteiger partial charge on any atom is -0.293 e. The highest BCUT2D eigenvalue weighted by molar-refractivity contribution is 5.87. The first kappa shape index (κ1) is 16.2. The predicted octanol–water partition coefficient (Wildman–Crippen LogP) is 3.89. The number of hydrogen-bond acceptors (Lipinski definition) is 3. The summed E-state index contributed by atoms with van der Waals surface area (Å²) in [6.07, 6.45) is 2.96. The lowest BCUT2D eigenvalue weighted by molar-refractivity contribution is -0.265. The number of rotatable bonds is 5. The Balaban J connectivity index is 4.59. The van der Waals surface area contributed by atoms with Crippen molar-refractivity contribution in [3.05, 3.63) is 11.6 Å². The van der Waals surface area contributed by atoms with Crippen LogP contribution in [0.3, 0.4) is 0 Å². The molecule has 0 aromatic rings. The Labute approximate surface area is 105 Å². The topological polar surface area (TPSA) is 35.5 Å². The zero-order chi connectivity index (χ0) is 13.7. The number of hydrogen-bond donors (Lipinski definition) is 0. The maximum atomic E-state index is 11.5. The van der Waals surface area contributed by atoms with Crippen LogP contribution in [-0.2, 0) is 14.6 Å². The summed E-state index contributed by atoms with van der Waals surface area (Å²) in [6.45, 7) is 14.7. The molecule has 100 valence electrons. The highest BCUT2D eigenvalue weighted by Gasteiger charge is 2.24. The Hall–Kier alpha value is -0.830. The summed E-state index contributed by atoms with van der Waals surface area (Å²) >= 11 is 0. The van der Waals surface area contributed by atoms with E-state index in [4.69, 9.17) is 0 Å². The molecule has 0 saturated carbocycles. The van der Waals surface area contributed by atoms with Crippen molar-refractivity contribution < 1.29 is 14.6 Å². The second-order valence-corrected chi connectivity index (χ2v) is 6.33. The smallest absolute Gasteiger partial charge is 0.293 e. The molecule has 0 aromatic carbocycles. The summed E-state index contributed by atoms with van der Waals surface area (Å²) in [4.78, 5) is 20.8. The average molecular weight is 242 g/mol. The Morgan fingerprint density at radius 3 is 2.12 bits per heavy atom. The average Bonchev–Trinajstić information content (AvgIpc) is 2.08. The molecular formula is C14H26O3. The van der Waals surface area contributed by atoms with Gasteiger partial charge in [-0.3, -0.25) is 4.89 Å². The van der Waals surface area contributed by atoms with Gasteiger partial charge in [0.1, 0.15) is 0 Å². The van der Waals surface area contributed by atoms with Crippen molar-refractivity contribution >= 4 is 5.97 Å². The molecule has 0 rings (SSSR count). The van der Waals surface area contributed by atoms with Crippen molar-refractivity contribution in [1.82, 2.24) is 0 Å². The summed E-state index contributed by atoms with van der Waals surface area (Å²) < 4.78 is 0. The SMILES string of the molecule is CCOOC(=O)/C(C)=C\C(C)(C)CC(C)(C)C. The van der Waals surface area contributed by atoms with E-state index >= 15 is 0 Å². The van der Waals surface area contributed by atoms with Crippen LogP contribution in [0, 0.1) is 10.8 Å². The Bertz CT molecular complexity index is 282. The fourth-order valence-corrected chi connectivity index (χ4v) is 2.24. The Morgan fingerprint density at radius 1 is 1.18 bits per heavy atom. The molecule has 0 spiro atoms. The predicted molar refractivity (Wildman–Crippen MR) is 69.3 cm³/mol. The summed E-state index contributed by atoms with van der Waals surface area (Å²) in [5.74, 6) is -0.408. The lowest BCUT2D eigenvalue weighted by atomic mass is 9.75. The molecular weight excluding hydrogens is 216 g/mol. The van der Waals surface area contributed by atoms with E-state index in [2.05, 4.69) is 44.4 Å². The quantitative estimate of drug-likeness (QED) is 0.417. The van der Waals surface area contributed by atoms with Gasteiger partial charge in [-0.2, -0.15) is 4.89 Å². The minimum atomic E-state index is -0.408.